The molecule has 2 aliphatic heterocycles. The smallest absolute Gasteiger partial charge is 0.355 e. The van der Waals surface area contributed by atoms with E-state index in [0.29, 0.717) is 28.2 Å². The Morgan fingerprint density at radius 3 is 1.53 bits per heavy atom. The molecule has 2 aromatic heterocycles. The fraction of sp³-hybridized carbons (Fsp3) is 0.0909. The molecule has 0 saturated heterocycles. The first-order chi connectivity index (χ1) is 26.6. The zero-order valence-electron chi connectivity index (χ0n) is 30.0. The topological polar surface area (TPSA) is 153 Å². The number of esters is 1. The fourth-order valence-electron chi connectivity index (χ4n) is 5.89. The van der Waals surface area contributed by atoms with Gasteiger partial charge in [0.25, 0.3) is 11.8 Å². The minimum absolute atomic E-state index is 0.112. The number of aromatic carboxylic acids is 1. The second kappa shape index (κ2) is 17.4. The molecule has 0 unspecified atom stereocenters. The van der Waals surface area contributed by atoms with E-state index in [1.165, 1.54) is 5.56 Å². The molecule has 55 heavy (non-hydrogen) atoms. The number of amides is 2. The van der Waals surface area contributed by atoms with Crippen LogP contribution < -0.4 is 10.6 Å². The number of aromatic amines is 2. The van der Waals surface area contributed by atoms with Gasteiger partial charge in [0, 0.05) is 39.2 Å². The molecule has 8 rings (SSSR count). The summed E-state index contributed by atoms with van der Waals surface area (Å²) in [7, 11) is 0. The Morgan fingerprint density at radius 1 is 0.636 bits per heavy atom. The minimum Gasteiger partial charge on any atom is -0.477 e. The number of carboxylic acid groups (broad SMARTS) is 1. The van der Waals surface area contributed by atoms with E-state index in [1.54, 1.807) is 31.2 Å². The van der Waals surface area contributed by atoms with E-state index in [1.807, 2.05) is 104 Å². The highest BCUT2D eigenvalue weighted by atomic mass is 79.9. The highest BCUT2D eigenvalue weighted by molar-refractivity contribution is 9.08. The maximum Gasteiger partial charge on any atom is 0.355 e. The number of alkyl halides is 1. The lowest BCUT2D eigenvalue weighted by molar-refractivity contribution is -0.111. The van der Waals surface area contributed by atoms with Crippen LogP contribution in [0.25, 0.3) is 23.3 Å². The predicted octanol–water partition coefficient (Wildman–Crippen LogP) is 9.27. The molecule has 0 fully saturated rings. The zero-order chi connectivity index (χ0) is 38.9. The average Bonchev–Trinajstić information content (AvgIpc) is 3.95. The largest absolute Gasteiger partial charge is 0.477 e. The normalized spacial score (nSPS) is 13.8. The molecule has 0 spiro atoms. The monoisotopic (exact) mass is 796 g/mol. The van der Waals surface area contributed by atoms with Gasteiger partial charge in [-0.2, -0.15) is 0 Å². The van der Waals surface area contributed by atoms with E-state index in [-0.39, 0.29) is 24.1 Å². The third-order valence-electron chi connectivity index (χ3n) is 8.77. The molecule has 2 amide bonds. The highest BCUT2D eigenvalue weighted by Crippen LogP contribution is 2.34. The van der Waals surface area contributed by atoms with Gasteiger partial charge < -0.3 is 30.4 Å². The molecule has 11 heteroatoms. The maximum atomic E-state index is 12.3. The SMILES string of the molecule is BrCc1ccccc1.Cc1cc(C(=O)O)[nH]c1/C=C1\C(=O)Nc2ccccc21.Cc1cc(C(=O)OCc2ccccc2)[nH]c1/C=C1\C(=O)Nc2ccccc21. The van der Waals surface area contributed by atoms with Crippen LogP contribution in [0.3, 0.4) is 0 Å². The summed E-state index contributed by atoms with van der Waals surface area (Å²) in [5.41, 5.74) is 10.1. The van der Waals surface area contributed by atoms with Crippen molar-refractivity contribution in [2.45, 2.75) is 25.8 Å². The first-order valence-electron chi connectivity index (χ1n) is 17.3. The van der Waals surface area contributed by atoms with Gasteiger partial charge in [0.15, 0.2) is 0 Å². The van der Waals surface area contributed by atoms with Crippen LogP contribution in [-0.4, -0.2) is 38.8 Å². The number of carbonyl (C=O) groups is 4. The molecule has 4 aromatic carbocycles. The van der Waals surface area contributed by atoms with E-state index in [9.17, 15) is 19.2 Å². The van der Waals surface area contributed by atoms with E-state index in [4.69, 9.17) is 9.84 Å². The van der Waals surface area contributed by atoms with Gasteiger partial charge in [0.05, 0.1) is 11.1 Å². The quantitative estimate of drug-likeness (QED) is 0.0617. The number of benzene rings is 4. The fourth-order valence-corrected chi connectivity index (χ4v) is 6.27. The second-order valence-corrected chi connectivity index (χ2v) is 13.2. The van der Waals surface area contributed by atoms with Gasteiger partial charge in [-0.1, -0.05) is 113 Å². The Balaban J connectivity index is 0.000000160. The summed E-state index contributed by atoms with van der Waals surface area (Å²) in [4.78, 5) is 53.4. The summed E-state index contributed by atoms with van der Waals surface area (Å²) in [6.07, 6.45) is 3.45. The highest BCUT2D eigenvalue weighted by Gasteiger charge is 2.25. The molecule has 0 radical (unpaired) electrons. The summed E-state index contributed by atoms with van der Waals surface area (Å²) in [5, 5.41) is 15.5. The molecule has 0 bridgehead atoms. The van der Waals surface area contributed by atoms with Crippen molar-refractivity contribution in [3.05, 3.63) is 177 Å². The van der Waals surface area contributed by atoms with Crippen LogP contribution in [0.5, 0.6) is 0 Å². The molecule has 4 heterocycles. The Bertz CT molecular complexity index is 2430. The number of hydrogen-bond donors (Lipinski definition) is 5. The third kappa shape index (κ3) is 9.27. The molecule has 6 aromatic rings. The number of para-hydroxylation sites is 2. The number of rotatable bonds is 7. The molecule has 0 aliphatic carbocycles. The summed E-state index contributed by atoms with van der Waals surface area (Å²) in [5.74, 6) is -1.78. The van der Waals surface area contributed by atoms with Crippen molar-refractivity contribution in [3.8, 4) is 0 Å². The summed E-state index contributed by atoms with van der Waals surface area (Å²) < 4.78 is 5.36. The number of nitrogens with one attached hydrogen (secondary N) is 4. The average molecular weight is 798 g/mol. The van der Waals surface area contributed by atoms with E-state index < -0.39 is 11.9 Å². The molecule has 10 nitrogen and oxygen atoms in total. The van der Waals surface area contributed by atoms with Crippen LogP contribution >= 0.6 is 15.9 Å². The van der Waals surface area contributed by atoms with Crippen LogP contribution in [0.15, 0.2) is 121 Å². The zero-order valence-corrected chi connectivity index (χ0v) is 31.6. The van der Waals surface area contributed by atoms with Gasteiger partial charge in [-0.15, -0.1) is 0 Å². The van der Waals surface area contributed by atoms with Crippen molar-refractivity contribution in [2.24, 2.45) is 0 Å². The standard InChI is InChI=1S/C22H18N2O3.C15H12N2O3.C7H7Br/c1-14-11-20(22(26)27-13-15-7-3-2-4-8-15)23-19(14)12-17-16-9-5-6-10-18(16)24-21(17)25;1-8-6-13(15(19)20)16-12(8)7-10-9-4-2-3-5-11(9)17-14(10)18;8-6-7-4-2-1-3-5-7/h2-12,23H,13H2,1H3,(H,24,25);2-7,16H,1H3,(H,17,18)(H,19,20);1-5H,6H2/b17-12-;10-7-;. The molecule has 0 atom stereocenters. The number of carbonyl (C=O) groups excluding carboxylic acids is 3. The van der Waals surface area contributed by atoms with Gasteiger partial charge in [-0.25, -0.2) is 9.59 Å². The molecule has 2 aliphatic rings. The van der Waals surface area contributed by atoms with Crippen LogP contribution in [-0.2, 0) is 26.3 Å². The molecular weight excluding hydrogens is 760 g/mol. The van der Waals surface area contributed by atoms with Gasteiger partial charge in [0.1, 0.15) is 18.0 Å². The maximum absolute atomic E-state index is 12.3. The van der Waals surface area contributed by atoms with Gasteiger partial charge in [0.2, 0.25) is 0 Å². The number of carboxylic acids is 1. The molecule has 276 valence electrons. The van der Waals surface area contributed by atoms with Crippen LogP contribution in [0.2, 0.25) is 0 Å². The van der Waals surface area contributed by atoms with E-state index in [2.05, 4.69) is 48.7 Å². The number of fused-ring (bicyclic) bond motifs is 2. The number of hydrogen-bond acceptors (Lipinski definition) is 5. The summed E-state index contributed by atoms with van der Waals surface area (Å²) >= 11 is 3.36. The van der Waals surface area contributed by atoms with E-state index >= 15 is 0 Å². The first kappa shape index (κ1) is 38.0. The number of H-pyrrole nitrogens is 2. The van der Waals surface area contributed by atoms with Crippen LogP contribution in [0.1, 0.15) is 65.7 Å². The van der Waals surface area contributed by atoms with Crippen molar-refractivity contribution < 1.29 is 29.0 Å². The van der Waals surface area contributed by atoms with Crippen molar-refractivity contribution >= 4 is 74.4 Å². The van der Waals surface area contributed by atoms with Crippen molar-refractivity contribution in [1.82, 2.24) is 9.97 Å². The number of ether oxygens (including phenoxy) is 1. The van der Waals surface area contributed by atoms with Gasteiger partial charge >= 0.3 is 11.9 Å². The number of anilines is 2. The lowest BCUT2D eigenvalue weighted by Gasteiger charge is -2.03. The minimum atomic E-state index is -1.02. The Hall–Kier alpha value is -6.72. The number of aryl methyl sites for hydroxylation is 2. The van der Waals surface area contributed by atoms with Crippen LogP contribution in [0, 0.1) is 13.8 Å². The first-order valence-corrected chi connectivity index (χ1v) is 18.4. The molecule has 0 saturated carbocycles. The van der Waals surface area contributed by atoms with Crippen molar-refractivity contribution in [2.75, 3.05) is 10.6 Å². The van der Waals surface area contributed by atoms with E-state index in [0.717, 1.165) is 44.5 Å². The van der Waals surface area contributed by atoms with Crippen LogP contribution in [0.4, 0.5) is 11.4 Å². The van der Waals surface area contributed by atoms with Crippen molar-refractivity contribution in [3.63, 3.8) is 0 Å². The second-order valence-electron chi connectivity index (χ2n) is 12.7. The summed E-state index contributed by atoms with van der Waals surface area (Å²) in [6, 6.07) is 38.0. The lowest BCUT2D eigenvalue weighted by Crippen LogP contribution is -2.06. The van der Waals surface area contributed by atoms with Gasteiger partial charge in [-0.3, -0.25) is 9.59 Å². The lowest BCUT2D eigenvalue weighted by atomic mass is 10.1. The number of halogens is 1. The Morgan fingerprint density at radius 2 is 1.07 bits per heavy atom. The molecular formula is C44H37BrN4O6. The third-order valence-corrected chi connectivity index (χ3v) is 9.42. The summed E-state index contributed by atoms with van der Waals surface area (Å²) in [6.45, 7) is 3.90. The Labute approximate surface area is 326 Å². The Kier molecular flexibility index (Phi) is 12.0. The molecule has 5 N–H and O–H groups in total. The number of aromatic nitrogens is 2. The predicted molar refractivity (Wildman–Crippen MR) is 219 cm³/mol. The van der Waals surface area contributed by atoms with Gasteiger partial charge in [-0.05, 0) is 72.5 Å². The van der Waals surface area contributed by atoms with Crippen molar-refractivity contribution in [1.29, 1.82) is 0 Å².